The van der Waals surface area contributed by atoms with Crippen molar-refractivity contribution < 1.29 is 4.79 Å². The molecule has 0 atom stereocenters. The summed E-state index contributed by atoms with van der Waals surface area (Å²) in [6.07, 6.45) is 0. The van der Waals surface area contributed by atoms with Crippen molar-refractivity contribution in [2.75, 3.05) is 0 Å². The van der Waals surface area contributed by atoms with E-state index in [4.69, 9.17) is 10.8 Å². The minimum Gasteiger partial charge on any atom is -0.298 e. The van der Waals surface area contributed by atoms with Crippen molar-refractivity contribution in [1.29, 1.82) is 10.8 Å². The average Bonchev–Trinajstić information content (AvgIpc) is 1.63. The third-order valence-corrected chi connectivity index (χ3v) is 1.37. The number of nitrogens with one attached hydrogen (secondary N) is 2. The van der Waals surface area contributed by atoms with Gasteiger partial charge in [0, 0.05) is 6.92 Å². The Kier molecular flexibility index (Phi) is 3.16. The van der Waals surface area contributed by atoms with E-state index in [2.05, 4.69) is 0 Å². The molecular weight excluding hydrogens is 136 g/mol. The summed E-state index contributed by atoms with van der Waals surface area (Å²) < 4.78 is 0. The van der Waals surface area contributed by atoms with Crippen LogP contribution in [0, 0.1) is 10.8 Å². The van der Waals surface area contributed by atoms with Crippen LogP contribution in [0.2, 0.25) is 0 Å². The van der Waals surface area contributed by atoms with E-state index in [1.54, 1.807) is 6.92 Å². The molecule has 0 aliphatic heterocycles. The first-order chi connectivity index (χ1) is 4.04. The second-order valence-corrected chi connectivity index (χ2v) is 2.77. The van der Waals surface area contributed by atoms with E-state index in [9.17, 15) is 4.79 Å². The largest absolute Gasteiger partial charge is 0.298 e. The minimum absolute atomic E-state index is 0.0671. The Morgan fingerprint density at radius 2 is 1.78 bits per heavy atom. The molecule has 0 heterocycles. The van der Waals surface area contributed by atoms with Crippen molar-refractivity contribution in [1.82, 2.24) is 0 Å². The van der Waals surface area contributed by atoms with Crippen molar-refractivity contribution >= 4 is 27.6 Å². The van der Waals surface area contributed by atoms with Gasteiger partial charge in [-0.05, 0) is 6.92 Å². The molecule has 0 unspecified atom stereocenters. The van der Waals surface area contributed by atoms with Gasteiger partial charge < -0.3 is 0 Å². The molecular formula is C5H8N2OS. The van der Waals surface area contributed by atoms with Crippen LogP contribution in [-0.4, -0.2) is 15.9 Å². The van der Waals surface area contributed by atoms with Gasteiger partial charge in [0.15, 0.2) is 5.78 Å². The van der Waals surface area contributed by atoms with Crippen molar-refractivity contribution in [3.63, 3.8) is 0 Å². The Hall–Kier alpha value is -0.640. The summed E-state index contributed by atoms with van der Waals surface area (Å²) in [6, 6.07) is 0. The zero-order valence-corrected chi connectivity index (χ0v) is 6.13. The number of ketones is 1. The highest BCUT2D eigenvalue weighted by molar-refractivity contribution is 8.27. The Morgan fingerprint density at radius 3 is 1.89 bits per heavy atom. The fourth-order valence-electron chi connectivity index (χ4n) is 0.225. The van der Waals surface area contributed by atoms with Gasteiger partial charge in [0.05, 0.1) is 5.04 Å². The molecule has 0 radical (unpaired) electrons. The van der Waals surface area contributed by atoms with Crippen LogP contribution >= 0.6 is 11.8 Å². The first-order valence-corrected chi connectivity index (χ1v) is 3.18. The lowest BCUT2D eigenvalue weighted by molar-refractivity contribution is -0.110. The quantitative estimate of drug-likeness (QED) is 0.430. The summed E-state index contributed by atoms with van der Waals surface area (Å²) in [6.45, 7) is 2.86. The lowest BCUT2D eigenvalue weighted by Crippen LogP contribution is -2.04. The Balaban J connectivity index is 3.79. The maximum atomic E-state index is 10.3. The molecule has 9 heavy (non-hydrogen) atoms. The van der Waals surface area contributed by atoms with Crippen molar-refractivity contribution in [2.45, 2.75) is 13.8 Å². The molecule has 0 aliphatic carbocycles. The second-order valence-electron chi connectivity index (χ2n) is 1.54. The fourth-order valence-corrected chi connectivity index (χ4v) is 0.675. The van der Waals surface area contributed by atoms with Gasteiger partial charge >= 0.3 is 0 Å². The first-order valence-electron chi connectivity index (χ1n) is 2.36. The minimum atomic E-state index is -0.286. The first kappa shape index (κ1) is 8.36. The maximum Gasteiger partial charge on any atom is 0.184 e. The molecule has 0 aromatic carbocycles. The fraction of sp³-hybridized carbons (Fsp3) is 0.400. The summed E-state index contributed by atoms with van der Waals surface area (Å²) in [4.78, 5) is 10.3. The molecule has 0 spiro atoms. The molecule has 0 aliphatic rings. The van der Waals surface area contributed by atoms with Crippen LogP contribution in [0.4, 0.5) is 0 Å². The van der Waals surface area contributed by atoms with Crippen LogP contribution in [0.5, 0.6) is 0 Å². The molecule has 0 rings (SSSR count). The summed E-state index contributed by atoms with van der Waals surface area (Å²) in [5.41, 5.74) is 0. The lowest BCUT2D eigenvalue weighted by Gasteiger charge is -1.93. The molecule has 0 aromatic heterocycles. The van der Waals surface area contributed by atoms with Crippen LogP contribution in [-0.2, 0) is 4.79 Å². The van der Waals surface area contributed by atoms with Crippen LogP contribution in [0.25, 0.3) is 0 Å². The highest BCUT2D eigenvalue weighted by Gasteiger charge is 2.03. The van der Waals surface area contributed by atoms with E-state index in [1.807, 2.05) is 0 Å². The second kappa shape index (κ2) is 3.40. The number of Topliss-reactive ketones (excluding diaryl/α,β-unsaturated/α-hetero) is 1. The van der Waals surface area contributed by atoms with E-state index in [0.29, 0.717) is 0 Å². The van der Waals surface area contributed by atoms with Gasteiger partial charge in [-0.3, -0.25) is 15.6 Å². The van der Waals surface area contributed by atoms with Crippen LogP contribution in [0.15, 0.2) is 0 Å². The van der Waals surface area contributed by atoms with E-state index in [-0.39, 0.29) is 15.9 Å². The summed E-state index contributed by atoms with van der Waals surface area (Å²) in [7, 11) is 0. The zero-order chi connectivity index (χ0) is 7.44. The standard InChI is InChI=1S/C5H8N2OS/c1-3(8)5(7)9-4(2)6/h6-7H,1-2H3. The summed E-state index contributed by atoms with van der Waals surface area (Å²) in [5.74, 6) is -0.286. The molecule has 0 saturated heterocycles. The Labute approximate surface area is 57.9 Å². The molecule has 0 amide bonds. The monoisotopic (exact) mass is 144 g/mol. The van der Waals surface area contributed by atoms with Crippen molar-refractivity contribution in [3.05, 3.63) is 0 Å². The van der Waals surface area contributed by atoms with E-state index in [0.717, 1.165) is 11.8 Å². The van der Waals surface area contributed by atoms with Crippen molar-refractivity contribution in [2.24, 2.45) is 0 Å². The number of thioether (sulfide) groups is 1. The predicted molar refractivity (Wildman–Crippen MR) is 39.4 cm³/mol. The Bertz CT molecular complexity index is 164. The smallest absolute Gasteiger partial charge is 0.184 e. The third kappa shape index (κ3) is 3.90. The lowest BCUT2D eigenvalue weighted by atomic mass is 10.5. The number of hydrogen-bond acceptors (Lipinski definition) is 4. The SMILES string of the molecule is CC(=N)SC(=N)C(C)=O. The van der Waals surface area contributed by atoms with Gasteiger partial charge in [0.1, 0.15) is 5.04 Å². The molecule has 0 saturated carbocycles. The normalized spacial score (nSPS) is 8.67. The van der Waals surface area contributed by atoms with Gasteiger partial charge in [0.2, 0.25) is 0 Å². The number of carbonyl (C=O) groups is 1. The van der Waals surface area contributed by atoms with E-state index < -0.39 is 0 Å². The summed E-state index contributed by atoms with van der Waals surface area (Å²) >= 11 is 0.880. The van der Waals surface area contributed by atoms with Crippen molar-refractivity contribution in [3.8, 4) is 0 Å². The maximum absolute atomic E-state index is 10.3. The molecule has 50 valence electrons. The van der Waals surface area contributed by atoms with Gasteiger partial charge in [-0.15, -0.1) is 0 Å². The molecule has 0 aromatic rings. The van der Waals surface area contributed by atoms with Crippen LogP contribution < -0.4 is 0 Å². The highest BCUT2D eigenvalue weighted by Crippen LogP contribution is 2.03. The topological polar surface area (TPSA) is 64.8 Å². The Morgan fingerprint density at radius 1 is 1.33 bits per heavy atom. The number of carbonyl (C=O) groups excluding carboxylic acids is 1. The van der Waals surface area contributed by atoms with Gasteiger partial charge in [-0.2, -0.15) is 0 Å². The molecule has 0 fully saturated rings. The molecule has 2 N–H and O–H groups in total. The molecule has 3 nitrogen and oxygen atoms in total. The number of rotatable bonds is 1. The molecule has 0 bridgehead atoms. The van der Waals surface area contributed by atoms with Gasteiger partial charge in [-0.25, -0.2) is 0 Å². The third-order valence-electron chi connectivity index (χ3n) is 0.575. The van der Waals surface area contributed by atoms with Crippen LogP contribution in [0.1, 0.15) is 13.8 Å². The van der Waals surface area contributed by atoms with E-state index in [1.165, 1.54) is 6.92 Å². The summed E-state index contributed by atoms with van der Waals surface area (Å²) in [5, 5.41) is 14.0. The van der Waals surface area contributed by atoms with Gasteiger partial charge in [-0.1, -0.05) is 11.8 Å². The predicted octanol–water partition coefficient (Wildman–Crippen LogP) is 1.28. The van der Waals surface area contributed by atoms with Crippen LogP contribution in [0.3, 0.4) is 0 Å². The zero-order valence-electron chi connectivity index (χ0n) is 5.32. The molecule has 4 heteroatoms. The van der Waals surface area contributed by atoms with E-state index >= 15 is 0 Å². The number of hydrogen-bond donors (Lipinski definition) is 2. The highest BCUT2D eigenvalue weighted by atomic mass is 32.2. The van der Waals surface area contributed by atoms with Gasteiger partial charge in [0.25, 0.3) is 0 Å². The average molecular weight is 144 g/mol.